The third-order valence-electron chi connectivity index (χ3n) is 5.31. The highest BCUT2D eigenvalue weighted by Gasteiger charge is 2.15. The Hall–Kier alpha value is -4.05. The van der Waals surface area contributed by atoms with Crippen molar-refractivity contribution in [1.82, 2.24) is 25.1 Å². The van der Waals surface area contributed by atoms with Crippen LogP contribution in [0.4, 0.5) is 20.4 Å². The van der Waals surface area contributed by atoms with Gasteiger partial charge in [-0.2, -0.15) is 5.10 Å². The molecule has 0 aliphatic heterocycles. The number of anilines is 2. The summed E-state index contributed by atoms with van der Waals surface area (Å²) < 4.78 is 34.2. The molecular formula is C25H23ClF2N6O2. The maximum absolute atomic E-state index is 13.8. The summed E-state index contributed by atoms with van der Waals surface area (Å²) in [5.74, 6) is -1.22. The van der Waals surface area contributed by atoms with Crippen molar-refractivity contribution in [3.05, 3.63) is 82.8 Å². The fourth-order valence-electron chi connectivity index (χ4n) is 3.37. The first-order valence-electron chi connectivity index (χ1n) is 11.0. The maximum Gasteiger partial charge on any atom is 0.251 e. The molecule has 0 saturated carbocycles. The molecular weight excluding hydrogens is 490 g/mol. The summed E-state index contributed by atoms with van der Waals surface area (Å²) >= 11 is 6.33. The van der Waals surface area contributed by atoms with Crippen molar-refractivity contribution in [2.24, 2.45) is 0 Å². The lowest BCUT2D eigenvalue weighted by atomic mass is 10.1. The molecule has 0 fully saturated rings. The van der Waals surface area contributed by atoms with Gasteiger partial charge in [-0.1, -0.05) is 17.7 Å². The van der Waals surface area contributed by atoms with E-state index in [9.17, 15) is 13.6 Å². The number of rotatable bonds is 8. The van der Waals surface area contributed by atoms with E-state index in [2.05, 4.69) is 25.7 Å². The number of carbonyl (C=O) groups excluding carboxylic acids is 1. The Bertz CT molecular complexity index is 1410. The number of hydrogen-bond acceptors (Lipinski definition) is 6. The van der Waals surface area contributed by atoms with E-state index >= 15 is 0 Å². The molecule has 186 valence electrons. The van der Waals surface area contributed by atoms with Gasteiger partial charge in [0.05, 0.1) is 35.9 Å². The van der Waals surface area contributed by atoms with Crippen LogP contribution in [0.3, 0.4) is 0 Å². The lowest BCUT2D eigenvalue weighted by Gasteiger charge is -2.13. The summed E-state index contributed by atoms with van der Waals surface area (Å²) in [6.07, 6.45) is 5.03. The summed E-state index contributed by atoms with van der Waals surface area (Å²) in [4.78, 5) is 21.3. The minimum atomic E-state index is -0.730. The standard InChI is InChI=1S/C25H23ClF2N6O2/c1-14(2)34-13-17(11-31-34)23-19(26)12-30-25(33-23)32-21-7-5-15(8-22(21)36-3)24(35)29-10-16-4-6-18(27)9-20(16)28/h4-9,11-14H,10H2,1-3H3,(H,29,35)(H,30,32,33). The van der Waals surface area contributed by atoms with Gasteiger partial charge in [-0.15, -0.1) is 0 Å². The number of methoxy groups -OCH3 is 1. The van der Waals surface area contributed by atoms with Gasteiger partial charge < -0.3 is 15.4 Å². The van der Waals surface area contributed by atoms with Crippen LogP contribution in [0.15, 0.2) is 55.0 Å². The first kappa shape index (κ1) is 25.1. The molecule has 0 unspecified atom stereocenters. The second-order valence-corrected chi connectivity index (χ2v) is 8.56. The second-order valence-electron chi connectivity index (χ2n) is 8.15. The highest BCUT2D eigenvalue weighted by molar-refractivity contribution is 6.32. The Morgan fingerprint density at radius 3 is 2.67 bits per heavy atom. The van der Waals surface area contributed by atoms with Crippen molar-refractivity contribution >= 4 is 29.1 Å². The van der Waals surface area contributed by atoms with E-state index in [1.807, 2.05) is 20.0 Å². The van der Waals surface area contributed by atoms with Crippen LogP contribution < -0.4 is 15.4 Å². The number of halogens is 3. The van der Waals surface area contributed by atoms with E-state index in [0.29, 0.717) is 27.7 Å². The number of nitrogens with zero attached hydrogens (tertiary/aromatic N) is 4. The molecule has 0 aliphatic rings. The number of hydrogen-bond donors (Lipinski definition) is 2. The first-order chi connectivity index (χ1) is 17.2. The summed E-state index contributed by atoms with van der Waals surface area (Å²) in [7, 11) is 1.46. The maximum atomic E-state index is 13.8. The van der Waals surface area contributed by atoms with Crippen molar-refractivity contribution < 1.29 is 18.3 Å². The molecule has 1 amide bonds. The Balaban J connectivity index is 1.51. The van der Waals surface area contributed by atoms with Crippen molar-refractivity contribution in [1.29, 1.82) is 0 Å². The molecule has 2 N–H and O–H groups in total. The van der Waals surface area contributed by atoms with Crippen LogP contribution in [0.5, 0.6) is 5.75 Å². The minimum Gasteiger partial charge on any atom is -0.495 e. The predicted molar refractivity (Wildman–Crippen MR) is 132 cm³/mol. The van der Waals surface area contributed by atoms with Gasteiger partial charge >= 0.3 is 0 Å². The van der Waals surface area contributed by atoms with Gasteiger partial charge in [0.2, 0.25) is 5.95 Å². The molecule has 0 radical (unpaired) electrons. The SMILES string of the molecule is COc1cc(C(=O)NCc2ccc(F)cc2F)ccc1Nc1ncc(Cl)c(-c2cnn(C(C)C)c2)n1. The summed E-state index contributed by atoms with van der Waals surface area (Å²) in [6.45, 7) is 3.94. The van der Waals surface area contributed by atoms with Gasteiger partial charge in [-0.05, 0) is 38.1 Å². The highest BCUT2D eigenvalue weighted by atomic mass is 35.5. The normalized spacial score (nSPS) is 11.0. The third-order valence-corrected chi connectivity index (χ3v) is 5.59. The lowest BCUT2D eigenvalue weighted by molar-refractivity contribution is 0.0950. The van der Waals surface area contributed by atoms with Crippen LogP contribution in [0, 0.1) is 11.6 Å². The van der Waals surface area contributed by atoms with E-state index in [1.165, 1.54) is 25.4 Å². The zero-order chi connectivity index (χ0) is 25.8. The van der Waals surface area contributed by atoms with Gasteiger partial charge in [0.25, 0.3) is 5.91 Å². The monoisotopic (exact) mass is 512 g/mol. The van der Waals surface area contributed by atoms with Gasteiger partial charge in [0.1, 0.15) is 17.4 Å². The topological polar surface area (TPSA) is 94.0 Å². The molecule has 4 aromatic rings. The van der Waals surface area contributed by atoms with Crippen molar-refractivity contribution in [2.45, 2.75) is 26.4 Å². The minimum absolute atomic E-state index is 0.0952. The number of ether oxygens (including phenoxy) is 1. The quantitative estimate of drug-likeness (QED) is 0.322. The average Bonchev–Trinajstić information content (AvgIpc) is 3.35. The molecule has 0 bridgehead atoms. The molecule has 4 rings (SSSR count). The molecule has 2 aromatic heterocycles. The Labute approximate surface area is 211 Å². The number of nitrogens with one attached hydrogen (secondary N) is 2. The first-order valence-corrected chi connectivity index (χ1v) is 11.4. The molecule has 2 heterocycles. The predicted octanol–water partition coefficient (Wildman–Crippen LogP) is 5.53. The fourth-order valence-corrected chi connectivity index (χ4v) is 3.57. The molecule has 0 aliphatic carbocycles. The van der Waals surface area contributed by atoms with E-state index < -0.39 is 17.5 Å². The molecule has 11 heteroatoms. The molecule has 0 spiro atoms. The zero-order valence-corrected chi connectivity index (χ0v) is 20.5. The summed E-state index contributed by atoms with van der Waals surface area (Å²) in [5.41, 5.74) is 2.24. The average molecular weight is 513 g/mol. The number of aromatic nitrogens is 4. The smallest absolute Gasteiger partial charge is 0.251 e. The number of amides is 1. The second kappa shape index (κ2) is 10.7. The Kier molecular flexibility index (Phi) is 7.44. The van der Waals surface area contributed by atoms with Crippen LogP contribution in [-0.4, -0.2) is 32.8 Å². The third kappa shape index (κ3) is 5.60. The number of carbonyl (C=O) groups is 1. The summed E-state index contributed by atoms with van der Waals surface area (Å²) in [5, 5.41) is 10.4. The largest absolute Gasteiger partial charge is 0.495 e. The van der Waals surface area contributed by atoms with E-state index in [4.69, 9.17) is 16.3 Å². The van der Waals surface area contributed by atoms with Crippen molar-refractivity contribution in [2.75, 3.05) is 12.4 Å². The Morgan fingerprint density at radius 1 is 1.17 bits per heavy atom. The molecule has 0 saturated heterocycles. The van der Waals surface area contributed by atoms with Gasteiger partial charge in [-0.3, -0.25) is 9.48 Å². The summed E-state index contributed by atoms with van der Waals surface area (Å²) in [6, 6.07) is 8.12. The highest BCUT2D eigenvalue weighted by Crippen LogP contribution is 2.31. The van der Waals surface area contributed by atoms with E-state index in [-0.39, 0.29) is 24.1 Å². The zero-order valence-electron chi connectivity index (χ0n) is 19.7. The van der Waals surface area contributed by atoms with Crippen LogP contribution in [-0.2, 0) is 6.54 Å². The molecule has 8 nitrogen and oxygen atoms in total. The van der Waals surface area contributed by atoms with E-state index in [0.717, 1.165) is 17.7 Å². The Morgan fingerprint density at radius 2 is 1.97 bits per heavy atom. The van der Waals surface area contributed by atoms with Crippen molar-refractivity contribution in [3.63, 3.8) is 0 Å². The van der Waals surface area contributed by atoms with E-state index in [1.54, 1.807) is 23.0 Å². The fraction of sp³-hybridized carbons (Fsp3) is 0.200. The van der Waals surface area contributed by atoms with Crippen LogP contribution in [0.25, 0.3) is 11.3 Å². The van der Waals surface area contributed by atoms with Gasteiger partial charge in [0.15, 0.2) is 0 Å². The number of benzene rings is 2. The van der Waals surface area contributed by atoms with Crippen LogP contribution >= 0.6 is 11.6 Å². The van der Waals surface area contributed by atoms with Crippen molar-refractivity contribution in [3.8, 4) is 17.0 Å². The lowest BCUT2D eigenvalue weighted by Crippen LogP contribution is -2.23. The van der Waals surface area contributed by atoms with Crippen LogP contribution in [0.1, 0.15) is 35.8 Å². The van der Waals surface area contributed by atoms with Gasteiger partial charge in [-0.25, -0.2) is 18.7 Å². The molecule has 0 atom stereocenters. The van der Waals surface area contributed by atoms with Gasteiger partial charge in [0, 0.05) is 41.5 Å². The molecule has 36 heavy (non-hydrogen) atoms. The van der Waals surface area contributed by atoms with Crippen LogP contribution in [0.2, 0.25) is 5.02 Å². The molecule has 2 aromatic carbocycles.